The lowest BCUT2D eigenvalue weighted by Crippen LogP contribution is -2.10. The van der Waals surface area contributed by atoms with Crippen molar-refractivity contribution in [2.45, 2.75) is 51.6 Å². The van der Waals surface area contributed by atoms with E-state index in [1.165, 1.54) is 12.8 Å². The fourth-order valence-electron chi connectivity index (χ4n) is 2.83. The van der Waals surface area contributed by atoms with Crippen LogP contribution in [0, 0.1) is 5.92 Å². The number of hydrogen-bond donors (Lipinski definition) is 0. The van der Waals surface area contributed by atoms with Crippen LogP contribution in [0.3, 0.4) is 0 Å². The normalized spacial score (nSPS) is 16.9. The molecule has 1 aromatic heterocycles. The molecular formula is C16H21ClN2O. The van der Waals surface area contributed by atoms with Gasteiger partial charge in [0.05, 0.1) is 17.5 Å². The summed E-state index contributed by atoms with van der Waals surface area (Å²) in [6, 6.07) is 6.60. The van der Waals surface area contributed by atoms with E-state index in [0.29, 0.717) is 11.9 Å². The van der Waals surface area contributed by atoms with Crippen LogP contribution in [0.5, 0.6) is 5.75 Å². The summed E-state index contributed by atoms with van der Waals surface area (Å²) in [4.78, 5) is 4.72. The van der Waals surface area contributed by atoms with Gasteiger partial charge in [-0.25, -0.2) is 4.98 Å². The molecule has 1 aliphatic rings. The van der Waals surface area contributed by atoms with Crippen molar-refractivity contribution in [3.63, 3.8) is 0 Å². The Morgan fingerprint density at radius 2 is 2.10 bits per heavy atom. The number of nitrogens with zero attached hydrogens (tertiary/aromatic N) is 2. The Kier molecular flexibility index (Phi) is 3.63. The highest BCUT2D eigenvalue weighted by molar-refractivity contribution is 6.16. The first kappa shape index (κ1) is 13.7. The summed E-state index contributed by atoms with van der Waals surface area (Å²) in [5.74, 6) is 3.00. The predicted octanol–water partition coefficient (Wildman–Crippen LogP) is 4.53. The molecule has 4 heteroatoms. The molecule has 0 amide bonds. The van der Waals surface area contributed by atoms with Gasteiger partial charge in [0.25, 0.3) is 0 Å². The van der Waals surface area contributed by atoms with Crippen molar-refractivity contribution >= 4 is 22.6 Å². The third-order valence-corrected chi connectivity index (χ3v) is 4.19. The summed E-state index contributed by atoms with van der Waals surface area (Å²) in [6.07, 6.45) is 2.77. The standard InChI is InChI=1S/C16H21ClN2O/c1-10(2)20-14-6-4-5-13-16(14)18-15(9-17)19(13)11(3)12-7-8-12/h4-6,10-12H,7-9H2,1-3H3. The van der Waals surface area contributed by atoms with E-state index in [9.17, 15) is 0 Å². The Balaban J connectivity index is 2.13. The van der Waals surface area contributed by atoms with Crippen molar-refractivity contribution in [2.24, 2.45) is 5.92 Å². The molecule has 1 fully saturated rings. The number of halogens is 1. The first-order valence-corrected chi connectivity index (χ1v) is 7.87. The van der Waals surface area contributed by atoms with Crippen LogP contribution in [0.25, 0.3) is 11.0 Å². The lowest BCUT2D eigenvalue weighted by molar-refractivity contribution is 0.245. The Morgan fingerprint density at radius 1 is 1.35 bits per heavy atom. The van der Waals surface area contributed by atoms with Crippen molar-refractivity contribution in [3.8, 4) is 5.75 Å². The smallest absolute Gasteiger partial charge is 0.147 e. The van der Waals surface area contributed by atoms with Gasteiger partial charge in [0, 0.05) is 6.04 Å². The predicted molar refractivity (Wildman–Crippen MR) is 82.5 cm³/mol. The summed E-state index contributed by atoms with van der Waals surface area (Å²) >= 11 is 6.11. The maximum absolute atomic E-state index is 6.11. The van der Waals surface area contributed by atoms with Gasteiger partial charge in [-0.15, -0.1) is 11.6 Å². The zero-order valence-electron chi connectivity index (χ0n) is 12.3. The summed E-state index contributed by atoms with van der Waals surface area (Å²) < 4.78 is 8.18. The van der Waals surface area contributed by atoms with E-state index < -0.39 is 0 Å². The van der Waals surface area contributed by atoms with Gasteiger partial charge in [0.1, 0.15) is 17.1 Å². The van der Waals surface area contributed by atoms with Crippen LogP contribution in [-0.2, 0) is 5.88 Å². The molecule has 3 rings (SSSR count). The van der Waals surface area contributed by atoms with Gasteiger partial charge in [-0.3, -0.25) is 0 Å². The van der Waals surface area contributed by atoms with Gasteiger partial charge in [-0.1, -0.05) is 6.07 Å². The molecule has 0 bridgehead atoms. The molecule has 0 radical (unpaired) electrons. The molecule has 1 aliphatic carbocycles. The third kappa shape index (κ3) is 2.39. The number of para-hydroxylation sites is 1. The fraction of sp³-hybridized carbons (Fsp3) is 0.562. The number of ether oxygens (including phenoxy) is 1. The molecule has 1 aromatic carbocycles. The first-order valence-electron chi connectivity index (χ1n) is 7.34. The Bertz CT molecular complexity index is 616. The van der Waals surface area contributed by atoms with Gasteiger partial charge in [0.2, 0.25) is 0 Å². The number of hydrogen-bond acceptors (Lipinski definition) is 2. The molecule has 1 heterocycles. The SMILES string of the molecule is CC(C)Oc1cccc2c1nc(CCl)n2C(C)C1CC1. The molecule has 0 N–H and O–H groups in total. The van der Waals surface area contributed by atoms with Gasteiger partial charge >= 0.3 is 0 Å². The van der Waals surface area contributed by atoms with E-state index >= 15 is 0 Å². The van der Waals surface area contributed by atoms with Crippen molar-refractivity contribution in [1.29, 1.82) is 0 Å². The Hall–Kier alpha value is -1.22. The Morgan fingerprint density at radius 3 is 2.70 bits per heavy atom. The van der Waals surface area contributed by atoms with E-state index in [4.69, 9.17) is 21.3 Å². The van der Waals surface area contributed by atoms with Crippen LogP contribution in [0.1, 0.15) is 45.5 Å². The molecule has 1 saturated carbocycles. The molecule has 20 heavy (non-hydrogen) atoms. The third-order valence-electron chi connectivity index (χ3n) is 3.95. The average Bonchev–Trinajstić information content (AvgIpc) is 3.18. The second-order valence-electron chi connectivity index (χ2n) is 5.90. The highest BCUT2D eigenvalue weighted by atomic mass is 35.5. The molecule has 1 unspecified atom stereocenters. The van der Waals surface area contributed by atoms with Crippen LogP contribution in [0.4, 0.5) is 0 Å². The highest BCUT2D eigenvalue weighted by Gasteiger charge is 2.31. The van der Waals surface area contributed by atoms with Gasteiger partial charge in [-0.05, 0) is 51.7 Å². The fourth-order valence-corrected chi connectivity index (χ4v) is 3.02. The van der Waals surface area contributed by atoms with Crippen LogP contribution in [0.2, 0.25) is 0 Å². The molecule has 0 spiro atoms. The Labute approximate surface area is 124 Å². The first-order chi connectivity index (χ1) is 9.61. The molecule has 2 aromatic rings. The lowest BCUT2D eigenvalue weighted by Gasteiger charge is -2.16. The maximum atomic E-state index is 6.11. The number of alkyl halides is 1. The number of benzene rings is 1. The number of aromatic nitrogens is 2. The summed E-state index contributed by atoms with van der Waals surface area (Å²) in [5.41, 5.74) is 2.07. The van der Waals surface area contributed by atoms with Crippen LogP contribution in [0.15, 0.2) is 18.2 Å². The quantitative estimate of drug-likeness (QED) is 0.757. The molecule has 0 aliphatic heterocycles. The maximum Gasteiger partial charge on any atom is 0.147 e. The van der Waals surface area contributed by atoms with Gasteiger partial charge in [-0.2, -0.15) is 0 Å². The largest absolute Gasteiger partial charge is 0.489 e. The minimum Gasteiger partial charge on any atom is -0.489 e. The number of fused-ring (bicyclic) bond motifs is 1. The average molecular weight is 293 g/mol. The summed E-state index contributed by atoms with van der Waals surface area (Å²) in [6.45, 7) is 6.33. The minimum absolute atomic E-state index is 0.144. The van der Waals surface area contributed by atoms with Crippen molar-refractivity contribution in [2.75, 3.05) is 0 Å². The van der Waals surface area contributed by atoms with Gasteiger partial charge in [0.15, 0.2) is 0 Å². The molecule has 3 nitrogen and oxygen atoms in total. The number of imidazole rings is 1. The molecule has 0 saturated heterocycles. The van der Waals surface area contributed by atoms with E-state index in [1.54, 1.807) is 0 Å². The monoisotopic (exact) mass is 292 g/mol. The molecular weight excluding hydrogens is 272 g/mol. The lowest BCUT2D eigenvalue weighted by atomic mass is 10.2. The second kappa shape index (κ2) is 5.28. The van der Waals surface area contributed by atoms with Crippen molar-refractivity contribution in [3.05, 3.63) is 24.0 Å². The van der Waals surface area contributed by atoms with Crippen molar-refractivity contribution in [1.82, 2.24) is 9.55 Å². The van der Waals surface area contributed by atoms with Crippen LogP contribution in [-0.4, -0.2) is 15.7 Å². The highest BCUT2D eigenvalue weighted by Crippen LogP contribution is 2.42. The van der Waals surface area contributed by atoms with E-state index in [2.05, 4.69) is 17.6 Å². The van der Waals surface area contributed by atoms with E-state index in [-0.39, 0.29) is 6.10 Å². The zero-order chi connectivity index (χ0) is 14.3. The zero-order valence-corrected chi connectivity index (χ0v) is 13.0. The van der Waals surface area contributed by atoms with Gasteiger partial charge < -0.3 is 9.30 Å². The topological polar surface area (TPSA) is 27.1 Å². The minimum atomic E-state index is 0.144. The van der Waals surface area contributed by atoms with E-state index in [0.717, 1.165) is 28.5 Å². The number of rotatable bonds is 5. The second-order valence-corrected chi connectivity index (χ2v) is 6.17. The van der Waals surface area contributed by atoms with Crippen molar-refractivity contribution < 1.29 is 4.74 Å². The summed E-state index contributed by atoms with van der Waals surface area (Å²) in [7, 11) is 0. The van der Waals surface area contributed by atoms with Crippen LogP contribution < -0.4 is 4.74 Å². The van der Waals surface area contributed by atoms with Crippen LogP contribution >= 0.6 is 11.6 Å². The summed E-state index contributed by atoms with van der Waals surface area (Å²) in [5, 5.41) is 0. The van der Waals surface area contributed by atoms with E-state index in [1.807, 2.05) is 26.0 Å². The molecule has 1 atom stereocenters. The molecule has 108 valence electrons.